The molecule has 1 N–H and O–H groups in total. The zero-order valence-electron chi connectivity index (χ0n) is 13.4. The van der Waals surface area contributed by atoms with Gasteiger partial charge in [-0.25, -0.2) is 0 Å². The molecule has 6 nitrogen and oxygen atoms in total. The molecule has 0 bridgehead atoms. The maximum Gasteiger partial charge on any atom is 0.274 e. The van der Waals surface area contributed by atoms with E-state index in [1.807, 2.05) is 20.8 Å². The molecule has 0 unspecified atom stereocenters. The van der Waals surface area contributed by atoms with Crippen molar-refractivity contribution in [1.82, 2.24) is 10.5 Å². The van der Waals surface area contributed by atoms with Crippen molar-refractivity contribution in [2.75, 3.05) is 11.4 Å². The van der Waals surface area contributed by atoms with Crippen LogP contribution >= 0.6 is 0 Å². The van der Waals surface area contributed by atoms with Gasteiger partial charge in [0.2, 0.25) is 5.91 Å². The Kier molecular flexibility index (Phi) is 3.90. The Balaban J connectivity index is 1.78. The first-order chi connectivity index (χ1) is 11.0. The van der Waals surface area contributed by atoms with Crippen LogP contribution in [0.2, 0.25) is 0 Å². The van der Waals surface area contributed by atoms with Crippen LogP contribution in [0.1, 0.15) is 33.6 Å². The van der Waals surface area contributed by atoms with Gasteiger partial charge < -0.3 is 14.7 Å². The summed E-state index contributed by atoms with van der Waals surface area (Å²) in [7, 11) is 0. The van der Waals surface area contributed by atoms with Crippen LogP contribution in [0, 0.1) is 20.8 Å². The zero-order chi connectivity index (χ0) is 16.6. The van der Waals surface area contributed by atoms with Gasteiger partial charge in [0.1, 0.15) is 12.3 Å². The number of hydrogen-bond acceptors (Lipinski definition) is 4. The van der Waals surface area contributed by atoms with Gasteiger partial charge in [0.05, 0.1) is 0 Å². The molecule has 0 saturated carbocycles. The molecule has 1 aromatic carbocycles. The summed E-state index contributed by atoms with van der Waals surface area (Å²) < 4.78 is 4.65. The molecular formula is C17H19N3O3. The van der Waals surface area contributed by atoms with Crippen molar-refractivity contribution in [3.63, 3.8) is 0 Å². The van der Waals surface area contributed by atoms with Gasteiger partial charge in [-0.15, -0.1) is 0 Å². The molecule has 0 radical (unpaired) electrons. The van der Waals surface area contributed by atoms with Gasteiger partial charge in [-0.05, 0) is 38.3 Å². The third-order valence-electron chi connectivity index (χ3n) is 4.09. The van der Waals surface area contributed by atoms with Crippen molar-refractivity contribution in [2.45, 2.75) is 33.2 Å². The maximum absolute atomic E-state index is 12.7. The summed E-state index contributed by atoms with van der Waals surface area (Å²) in [6.07, 6.45) is 1.91. The second kappa shape index (κ2) is 5.87. The minimum absolute atomic E-state index is 0.0862. The van der Waals surface area contributed by atoms with Crippen molar-refractivity contribution in [1.29, 1.82) is 0 Å². The molecule has 2 aromatic rings. The van der Waals surface area contributed by atoms with Gasteiger partial charge in [-0.1, -0.05) is 22.9 Å². The van der Waals surface area contributed by atoms with E-state index in [9.17, 15) is 9.59 Å². The number of nitrogens with zero attached hydrogens (tertiary/aromatic N) is 2. The number of carbonyl (C=O) groups excluding carboxylic acids is 2. The molecule has 0 aliphatic carbocycles. The average Bonchev–Trinajstić information content (AvgIpc) is 3.11. The van der Waals surface area contributed by atoms with Gasteiger partial charge in [-0.3, -0.25) is 9.59 Å². The molecular weight excluding hydrogens is 294 g/mol. The average molecular weight is 313 g/mol. The van der Waals surface area contributed by atoms with Gasteiger partial charge in [0.15, 0.2) is 5.69 Å². The smallest absolute Gasteiger partial charge is 0.274 e. The maximum atomic E-state index is 12.7. The van der Waals surface area contributed by atoms with Gasteiger partial charge >= 0.3 is 0 Å². The molecule has 2 heterocycles. The van der Waals surface area contributed by atoms with Crippen molar-refractivity contribution in [2.24, 2.45) is 0 Å². The zero-order valence-corrected chi connectivity index (χ0v) is 13.4. The van der Waals surface area contributed by atoms with E-state index >= 15 is 0 Å². The molecule has 3 rings (SSSR count). The van der Waals surface area contributed by atoms with E-state index in [1.54, 1.807) is 4.90 Å². The van der Waals surface area contributed by atoms with Crippen LogP contribution in [-0.4, -0.2) is 29.6 Å². The number of benzene rings is 1. The Morgan fingerprint density at radius 2 is 2.00 bits per heavy atom. The van der Waals surface area contributed by atoms with E-state index in [0.717, 1.165) is 16.8 Å². The lowest BCUT2D eigenvalue weighted by molar-refractivity contribution is -0.118. The molecule has 23 heavy (non-hydrogen) atoms. The number of hydrogen-bond donors (Lipinski definition) is 1. The Hall–Kier alpha value is -2.63. The summed E-state index contributed by atoms with van der Waals surface area (Å²) in [6, 6.07) is 5.08. The van der Waals surface area contributed by atoms with Gasteiger partial charge in [-0.2, -0.15) is 0 Å². The lowest BCUT2D eigenvalue weighted by atomic mass is 10.0. The van der Waals surface area contributed by atoms with Crippen molar-refractivity contribution < 1.29 is 14.1 Å². The second-order valence-corrected chi connectivity index (χ2v) is 5.94. The number of aromatic nitrogens is 1. The largest absolute Gasteiger partial charge is 0.364 e. The first-order valence-corrected chi connectivity index (χ1v) is 7.58. The Labute approximate surface area is 134 Å². The molecule has 1 aromatic heterocycles. The summed E-state index contributed by atoms with van der Waals surface area (Å²) >= 11 is 0. The second-order valence-electron chi connectivity index (χ2n) is 5.94. The van der Waals surface area contributed by atoms with E-state index in [4.69, 9.17) is 0 Å². The standard InChI is InChI=1S/C17H19N3O3/c1-10-8-11(2)15(12(3)9-10)20-6-4-14(17(20)22)18-16(21)13-5-7-23-19-13/h5,7-9,14H,4,6H2,1-3H3,(H,18,21)/t14-/m1/s1. The Morgan fingerprint density at radius 3 is 2.61 bits per heavy atom. The normalized spacial score (nSPS) is 17.6. The molecule has 1 saturated heterocycles. The highest BCUT2D eigenvalue weighted by Gasteiger charge is 2.35. The van der Waals surface area contributed by atoms with E-state index in [2.05, 4.69) is 27.1 Å². The number of anilines is 1. The highest BCUT2D eigenvalue weighted by atomic mass is 16.5. The lowest BCUT2D eigenvalue weighted by Crippen LogP contribution is -2.42. The van der Waals surface area contributed by atoms with Crippen LogP contribution < -0.4 is 10.2 Å². The quantitative estimate of drug-likeness (QED) is 0.942. The first kappa shape index (κ1) is 15.3. The summed E-state index contributed by atoms with van der Waals surface area (Å²) in [5, 5.41) is 6.31. The predicted molar refractivity (Wildman–Crippen MR) is 85.4 cm³/mol. The van der Waals surface area contributed by atoms with Crippen LogP contribution in [0.5, 0.6) is 0 Å². The van der Waals surface area contributed by atoms with Crippen LogP contribution in [0.4, 0.5) is 5.69 Å². The molecule has 1 atom stereocenters. The first-order valence-electron chi connectivity index (χ1n) is 7.58. The highest BCUT2D eigenvalue weighted by Crippen LogP contribution is 2.30. The summed E-state index contributed by atoms with van der Waals surface area (Å²) in [6.45, 7) is 6.64. The number of rotatable bonds is 3. The number of amides is 2. The topological polar surface area (TPSA) is 75.4 Å². The third-order valence-corrected chi connectivity index (χ3v) is 4.09. The van der Waals surface area contributed by atoms with Crippen molar-refractivity contribution >= 4 is 17.5 Å². The molecule has 0 spiro atoms. The fourth-order valence-electron chi connectivity index (χ4n) is 3.20. The Bertz CT molecular complexity index is 729. The molecule has 120 valence electrons. The van der Waals surface area contributed by atoms with Crippen molar-refractivity contribution in [3.8, 4) is 0 Å². The van der Waals surface area contributed by atoms with E-state index in [1.165, 1.54) is 17.9 Å². The van der Waals surface area contributed by atoms with E-state index < -0.39 is 11.9 Å². The van der Waals surface area contributed by atoms with Crippen LogP contribution in [0.25, 0.3) is 0 Å². The molecule has 1 aliphatic heterocycles. The summed E-state index contributed by atoms with van der Waals surface area (Å²) in [5.41, 5.74) is 4.43. The third kappa shape index (κ3) is 2.84. The molecule has 6 heteroatoms. The number of nitrogens with one attached hydrogen (secondary N) is 1. The molecule has 1 aliphatic rings. The fraction of sp³-hybridized carbons (Fsp3) is 0.353. The minimum atomic E-state index is -0.528. The number of carbonyl (C=O) groups is 2. The minimum Gasteiger partial charge on any atom is -0.364 e. The lowest BCUT2D eigenvalue weighted by Gasteiger charge is -2.22. The van der Waals surface area contributed by atoms with Crippen LogP contribution in [0.3, 0.4) is 0 Å². The number of aryl methyl sites for hydroxylation is 3. The van der Waals surface area contributed by atoms with Gasteiger partial charge in [0, 0.05) is 18.3 Å². The van der Waals surface area contributed by atoms with Gasteiger partial charge in [0.25, 0.3) is 5.91 Å². The van der Waals surface area contributed by atoms with E-state index in [0.29, 0.717) is 13.0 Å². The monoisotopic (exact) mass is 313 g/mol. The SMILES string of the molecule is Cc1cc(C)c(N2CC[C@@H](NC(=O)c3ccon3)C2=O)c(C)c1. The Morgan fingerprint density at radius 1 is 1.30 bits per heavy atom. The fourth-order valence-corrected chi connectivity index (χ4v) is 3.20. The van der Waals surface area contributed by atoms with Crippen LogP contribution in [-0.2, 0) is 4.79 Å². The summed E-state index contributed by atoms with van der Waals surface area (Å²) in [4.78, 5) is 26.5. The predicted octanol–water partition coefficient (Wildman–Crippen LogP) is 2.14. The van der Waals surface area contributed by atoms with Crippen LogP contribution in [0.15, 0.2) is 29.0 Å². The molecule has 2 amide bonds. The van der Waals surface area contributed by atoms with E-state index in [-0.39, 0.29) is 11.6 Å². The summed E-state index contributed by atoms with van der Waals surface area (Å²) in [5.74, 6) is -0.479. The molecule has 1 fully saturated rings. The highest BCUT2D eigenvalue weighted by molar-refractivity contribution is 6.04. The van der Waals surface area contributed by atoms with Crippen molar-refractivity contribution in [3.05, 3.63) is 46.8 Å².